The van der Waals surface area contributed by atoms with Gasteiger partial charge < -0.3 is 4.90 Å². The highest BCUT2D eigenvalue weighted by atomic mass is 79.9. The van der Waals surface area contributed by atoms with E-state index in [9.17, 15) is 0 Å². The Morgan fingerprint density at radius 2 is 2.00 bits per heavy atom. The third kappa shape index (κ3) is 2.27. The molecule has 0 amide bonds. The Labute approximate surface area is 122 Å². The second kappa shape index (κ2) is 4.97. The topological polar surface area (TPSA) is 16.1 Å². The predicted molar refractivity (Wildman–Crippen MR) is 83.0 cm³/mol. The molecule has 1 aliphatic heterocycles. The van der Waals surface area contributed by atoms with Crippen molar-refractivity contribution in [1.29, 1.82) is 0 Å². The van der Waals surface area contributed by atoms with E-state index in [4.69, 9.17) is 4.98 Å². The first-order chi connectivity index (χ1) is 9.16. The predicted octanol–water partition coefficient (Wildman–Crippen LogP) is 4.63. The number of rotatable bonds is 1. The summed E-state index contributed by atoms with van der Waals surface area (Å²) < 4.78 is 1.06. The lowest BCUT2D eigenvalue weighted by Crippen LogP contribution is -2.33. The van der Waals surface area contributed by atoms with Crippen LogP contribution in [0.15, 0.2) is 40.9 Å². The summed E-state index contributed by atoms with van der Waals surface area (Å²) >= 11 is 3.52. The van der Waals surface area contributed by atoms with Crippen molar-refractivity contribution >= 4 is 27.4 Å². The summed E-state index contributed by atoms with van der Waals surface area (Å²) in [4.78, 5) is 7.08. The van der Waals surface area contributed by atoms with Gasteiger partial charge in [0.05, 0.1) is 5.69 Å². The number of halogens is 1. The number of hydrogen-bond donors (Lipinski definition) is 0. The molecule has 0 fully saturated rings. The van der Waals surface area contributed by atoms with Crippen LogP contribution in [0.25, 0.3) is 0 Å². The van der Waals surface area contributed by atoms with Crippen molar-refractivity contribution in [2.75, 3.05) is 4.90 Å². The van der Waals surface area contributed by atoms with Crippen LogP contribution >= 0.6 is 15.9 Å². The number of aryl methyl sites for hydroxylation is 2. The second-order valence-electron chi connectivity index (χ2n) is 5.12. The average Bonchev–Trinajstić information content (AvgIpc) is 2.42. The van der Waals surface area contributed by atoms with Crippen molar-refractivity contribution in [2.45, 2.75) is 32.7 Å². The quantitative estimate of drug-likeness (QED) is 0.762. The minimum absolute atomic E-state index is 0.489. The van der Waals surface area contributed by atoms with Gasteiger partial charge in [0.15, 0.2) is 0 Å². The molecule has 3 rings (SSSR count). The second-order valence-corrected chi connectivity index (χ2v) is 5.98. The summed E-state index contributed by atoms with van der Waals surface area (Å²) in [6.07, 6.45) is 2.33. The SMILES string of the molecule is Cc1nc(N2c3ccccc3CCC2C)ccc1Br. The molecule has 19 heavy (non-hydrogen) atoms. The van der Waals surface area contributed by atoms with Gasteiger partial charge in [-0.3, -0.25) is 0 Å². The molecule has 0 aliphatic carbocycles. The average molecular weight is 317 g/mol. The maximum atomic E-state index is 4.72. The molecule has 0 saturated carbocycles. The Morgan fingerprint density at radius 1 is 1.21 bits per heavy atom. The molecule has 0 radical (unpaired) electrons. The van der Waals surface area contributed by atoms with Gasteiger partial charge in [-0.25, -0.2) is 4.98 Å². The lowest BCUT2D eigenvalue weighted by molar-refractivity contribution is 0.613. The lowest BCUT2D eigenvalue weighted by Gasteiger charge is -2.36. The zero-order chi connectivity index (χ0) is 13.4. The van der Waals surface area contributed by atoms with E-state index in [2.05, 4.69) is 64.2 Å². The molecule has 2 nitrogen and oxygen atoms in total. The molecule has 98 valence electrons. The molecule has 3 heteroatoms. The summed E-state index contributed by atoms with van der Waals surface area (Å²) in [5.41, 5.74) is 3.76. The molecule has 2 heterocycles. The van der Waals surface area contributed by atoms with Crippen LogP contribution in [-0.2, 0) is 6.42 Å². The lowest BCUT2D eigenvalue weighted by atomic mass is 9.96. The van der Waals surface area contributed by atoms with Crippen LogP contribution in [0.4, 0.5) is 11.5 Å². The minimum atomic E-state index is 0.489. The number of hydrogen-bond acceptors (Lipinski definition) is 2. The molecule has 0 saturated heterocycles. The van der Waals surface area contributed by atoms with Crippen LogP contribution in [0.5, 0.6) is 0 Å². The molecular weight excluding hydrogens is 300 g/mol. The molecule has 1 aromatic carbocycles. The highest BCUT2D eigenvalue weighted by molar-refractivity contribution is 9.10. The first-order valence-electron chi connectivity index (χ1n) is 6.67. The first kappa shape index (κ1) is 12.7. The van der Waals surface area contributed by atoms with E-state index in [0.29, 0.717) is 6.04 Å². The van der Waals surface area contributed by atoms with E-state index in [1.165, 1.54) is 17.7 Å². The van der Waals surface area contributed by atoms with E-state index in [-0.39, 0.29) is 0 Å². The van der Waals surface area contributed by atoms with Gasteiger partial charge >= 0.3 is 0 Å². The van der Waals surface area contributed by atoms with Crippen molar-refractivity contribution < 1.29 is 0 Å². The van der Waals surface area contributed by atoms with Gasteiger partial charge in [-0.2, -0.15) is 0 Å². The largest absolute Gasteiger partial charge is 0.323 e. The Bertz CT molecular complexity index is 609. The fourth-order valence-corrected chi connectivity index (χ4v) is 2.92. The van der Waals surface area contributed by atoms with E-state index in [1.807, 2.05) is 6.92 Å². The number of anilines is 2. The van der Waals surface area contributed by atoms with Crippen molar-refractivity contribution in [2.24, 2.45) is 0 Å². The monoisotopic (exact) mass is 316 g/mol. The summed E-state index contributed by atoms with van der Waals surface area (Å²) in [7, 11) is 0. The van der Waals surface area contributed by atoms with Crippen LogP contribution in [0, 0.1) is 6.92 Å². The number of pyridine rings is 1. The smallest absolute Gasteiger partial charge is 0.133 e. The Kier molecular flexibility index (Phi) is 3.31. The van der Waals surface area contributed by atoms with Crippen molar-refractivity contribution in [1.82, 2.24) is 4.98 Å². The zero-order valence-electron chi connectivity index (χ0n) is 11.2. The number of fused-ring (bicyclic) bond motifs is 1. The van der Waals surface area contributed by atoms with Crippen molar-refractivity contribution in [3.8, 4) is 0 Å². The highest BCUT2D eigenvalue weighted by Crippen LogP contribution is 2.36. The van der Waals surface area contributed by atoms with E-state index >= 15 is 0 Å². The van der Waals surface area contributed by atoms with Gasteiger partial charge in [0.1, 0.15) is 5.82 Å². The maximum absolute atomic E-state index is 4.72. The third-order valence-corrected chi connectivity index (χ3v) is 4.61. The Balaban J connectivity index is 2.10. The fourth-order valence-electron chi connectivity index (χ4n) is 2.70. The summed E-state index contributed by atoms with van der Waals surface area (Å²) in [6.45, 7) is 4.31. The van der Waals surface area contributed by atoms with E-state index in [1.54, 1.807) is 0 Å². The van der Waals surface area contributed by atoms with Crippen LogP contribution in [-0.4, -0.2) is 11.0 Å². The molecule has 0 N–H and O–H groups in total. The molecule has 1 aromatic heterocycles. The minimum Gasteiger partial charge on any atom is -0.323 e. The first-order valence-corrected chi connectivity index (χ1v) is 7.46. The van der Waals surface area contributed by atoms with Crippen molar-refractivity contribution in [3.05, 3.63) is 52.1 Å². The molecule has 1 atom stereocenters. The summed E-state index contributed by atoms with van der Waals surface area (Å²) in [5, 5.41) is 0. The van der Waals surface area contributed by atoms with Crippen LogP contribution in [0.3, 0.4) is 0 Å². The van der Waals surface area contributed by atoms with Crippen LogP contribution < -0.4 is 4.90 Å². The molecule has 1 aliphatic rings. The van der Waals surface area contributed by atoms with E-state index in [0.717, 1.165) is 22.4 Å². The molecule has 0 spiro atoms. The van der Waals surface area contributed by atoms with Gasteiger partial charge in [-0.05, 0) is 66.4 Å². The van der Waals surface area contributed by atoms with Gasteiger partial charge in [-0.15, -0.1) is 0 Å². The number of aromatic nitrogens is 1. The maximum Gasteiger partial charge on any atom is 0.133 e. The third-order valence-electron chi connectivity index (χ3n) is 3.78. The zero-order valence-corrected chi connectivity index (χ0v) is 12.8. The van der Waals surface area contributed by atoms with Gasteiger partial charge in [0.25, 0.3) is 0 Å². The van der Waals surface area contributed by atoms with Crippen molar-refractivity contribution in [3.63, 3.8) is 0 Å². The Hall–Kier alpha value is -1.35. The van der Waals surface area contributed by atoms with Crippen LogP contribution in [0.1, 0.15) is 24.6 Å². The normalized spacial score (nSPS) is 18.3. The Morgan fingerprint density at radius 3 is 2.79 bits per heavy atom. The summed E-state index contributed by atoms with van der Waals surface area (Å²) in [5.74, 6) is 1.04. The summed E-state index contributed by atoms with van der Waals surface area (Å²) in [6, 6.07) is 13.3. The van der Waals surface area contributed by atoms with Gasteiger partial charge in [0, 0.05) is 16.2 Å². The van der Waals surface area contributed by atoms with Gasteiger partial charge in [-0.1, -0.05) is 18.2 Å². The highest BCUT2D eigenvalue weighted by Gasteiger charge is 2.24. The standard InChI is InChI=1S/C16H17BrN2/c1-11-7-8-13-5-3-4-6-15(13)19(11)16-10-9-14(17)12(2)18-16/h3-6,9-11H,7-8H2,1-2H3. The number of benzene rings is 1. The molecule has 2 aromatic rings. The molecule has 0 bridgehead atoms. The van der Waals surface area contributed by atoms with Crippen LogP contribution in [0.2, 0.25) is 0 Å². The van der Waals surface area contributed by atoms with Gasteiger partial charge in [0.2, 0.25) is 0 Å². The number of nitrogens with zero attached hydrogens (tertiary/aromatic N) is 2. The molecular formula is C16H17BrN2. The van der Waals surface area contributed by atoms with E-state index < -0.39 is 0 Å². The fraction of sp³-hybridized carbons (Fsp3) is 0.312. The molecule has 1 unspecified atom stereocenters. The number of para-hydroxylation sites is 1.